The predicted molar refractivity (Wildman–Crippen MR) is 148 cm³/mol. The number of fused-ring (bicyclic) bond motifs is 1. The van der Waals surface area contributed by atoms with Crippen LogP contribution in [-0.2, 0) is 13.1 Å². The number of aliphatic imine (C=N–C) groups is 1. The molecule has 2 aromatic heterocycles. The third-order valence-corrected chi connectivity index (χ3v) is 6.75. The van der Waals surface area contributed by atoms with Gasteiger partial charge in [0, 0.05) is 30.9 Å². The normalized spacial score (nSPS) is 14.6. The number of aliphatic hydroxyl groups excluding tert-OH is 1. The summed E-state index contributed by atoms with van der Waals surface area (Å²) < 4.78 is 5.86. The topological polar surface area (TPSA) is 110 Å². The van der Waals surface area contributed by atoms with E-state index in [0.29, 0.717) is 53.1 Å². The van der Waals surface area contributed by atoms with Crippen LogP contribution < -0.4 is 15.4 Å². The Balaban J connectivity index is 1.81. The molecule has 1 aliphatic heterocycles. The molecule has 0 saturated carbocycles. The molecule has 0 fully saturated rings. The van der Waals surface area contributed by atoms with Gasteiger partial charge in [-0.1, -0.05) is 31.0 Å². The van der Waals surface area contributed by atoms with Crippen LogP contribution in [0.4, 0.5) is 5.82 Å². The van der Waals surface area contributed by atoms with E-state index >= 15 is 0 Å². The summed E-state index contributed by atoms with van der Waals surface area (Å²) in [5.74, 6) is 1.82. The standard InChI is InChI=1S/C28H33ClN6O2/c1-5-7-20(36)16-37-21-9-10-23(29)22(12-21)27-33-26(25(31-4)17(2)13-30)18(3)28(34-27)35-14-19-8-6-11-32-24(19)15-35/h6,8-13,20,36H,5,7,14-16,30H2,1-4H3/t20-/m1/s1. The van der Waals surface area contributed by atoms with E-state index in [2.05, 4.69) is 20.9 Å². The molecule has 1 atom stereocenters. The summed E-state index contributed by atoms with van der Waals surface area (Å²) in [6, 6.07) is 9.39. The van der Waals surface area contributed by atoms with Crippen LogP contribution in [0.5, 0.6) is 5.75 Å². The lowest BCUT2D eigenvalue weighted by Crippen LogP contribution is -2.21. The summed E-state index contributed by atoms with van der Waals surface area (Å²) in [5, 5.41) is 10.6. The van der Waals surface area contributed by atoms with Gasteiger partial charge in [0.1, 0.15) is 18.2 Å². The van der Waals surface area contributed by atoms with Crippen LogP contribution in [0, 0.1) is 6.92 Å². The molecule has 1 aliphatic rings. The fraction of sp³-hybridized carbons (Fsp3) is 0.357. The van der Waals surface area contributed by atoms with Gasteiger partial charge in [0.05, 0.1) is 34.8 Å². The molecule has 4 rings (SSSR count). The minimum absolute atomic E-state index is 0.201. The SMILES string of the molecule is CCC[C@@H](O)COc1ccc(Cl)c(-c2nc(C(=NC)C(C)=CN)c(C)c(N3Cc4cccnc4C3)n2)c1. The van der Waals surface area contributed by atoms with Gasteiger partial charge >= 0.3 is 0 Å². The quantitative estimate of drug-likeness (QED) is 0.388. The largest absolute Gasteiger partial charge is 0.491 e. The number of nitrogens with zero attached hydrogens (tertiary/aromatic N) is 5. The second kappa shape index (κ2) is 11.7. The van der Waals surface area contributed by atoms with Crippen molar-refractivity contribution in [1.82, 2.24) is 15.0 Å². The smallest absolute Gasteiger partial charge is 0.163 e. The number of nitrogens with two attached hydrogens (primary N) is 1. The first-order chi connectivity index (χ1) is 17.9. The molecular weight excluding hydrogens is 488 g/mol. The Morgan fingerprint density at radius 1 is 1.30 bits per heavy atom. The Labute approximate surface area is 222 Å². The van der Waals surface area contributed by atoms with Gasteiger partial charge in [-0.2, -0.15) is 0 Å². The Bertz CT molecular complexity index is 1320. The van der Waals surface area contributed by atoms with Crippen LogP contribution in [0.2, 0.25) is 5.02 Å². The van der Waals surface area contributed by atoms with Gasteiger partial charge in [-0.3, -0.25) is 9.98 Å². The molecule has 0 amide bonds. The van der Waals surface area contributed by atoms with Gasteiger partial charge < -0.3 is 20.5 Å². The maximum absolute atomic E-state index is 10.1. The molecule has 0 aliphatic carbocycles. The second-order valence-corrected chi connectivity index (χ2v) is 9.53. The zero-order chi connectivity index (χ0) is 26.5. The first kappa shape index (κ1) is 26.6. The number of pyridine rings is 1. The van der Waals surface area contributed by atoms with E-state index in [4.69, 9.17) is 32.0 Å². The van der Waals surface area contributed by atoms with Crippen molar-refractivity contribution in [3.8, 4) is 17.1 Å². The van der Waals surface area contributed by atoms with E-state index in [1.807, 2.05) is 39.1 Å². The molecule has 1 aromatic carbocycles. The van der Waals surface area contributed by atoms with Crippen LogP contribution >= 0.6 is 11.6 Å². The molecule has 3 N–H and O–H groups in total. The minimum Gasteiger partial charge on any atom is -0.491 e. The highest BCUT2D eigenvalue weighted by atomic mass is 35.5. The van der Waals surface area contributed by atoms with Gasteiger partial charge in [-0.15, -0.1) is 0 Å². The van der Waals surface area contributed by atoms with Crippen molar-refractivity contribution in [3.63, 3.8) is 0 Å². The number of halogens is 1. The summed E-state index contributed by atoms with van der Waals surface area (Å²) in [6.45, 7) is 7.46. The van der Waals surface area contributed by atoms with Gasteiger partial charge in [0.15, 0.2) is 5.82 Å². The van der Waals surface area contributed by atoms with E-state index < -0.39 is 6.10 Å². The van der Waals surface area contributed by atoms with Crippen LogP contribution in [0.1, 0.15) is 49.2 Å². The first-order valence-corrected chi connectivity index (χ1v) is 12.8. The predicted octanol–water partition coefficient (Wildman–Crippen LogP) is 4.84. The highest BCUT2D eigenvalue weighted by Crippen LogP contribution is 2.35. The molecule has 3 heterocycles. The Morgan fingerprint density at radius 2 is 2.11 bits per heavy atom. The molecule has 194 valence electrons. The lowest BCUT2D eigenvalue weighted by molar-refractivity contribution is 0.0994. The molecule has 0 spiro atoms. The average Bonchev–Trinajstić information content (AvgIpc) is 3.33. The number of hydrogen-bond donors (Lipinski definition) is 2. The summed E-state index contributed by atoms with van der Waals surface area (Å²) in [4.78, 5) is 21.1. The Hall–Kier alpha value is -3.49. The fourth-order valence-corrected chi connectivity index (χ4v) is 4.64. The lowest BCUT2D eigenvalue weighted by Gasteiger charge is -2.22. The van der Waals surface area contributed by atoms with Gasteiger partial charge in [-0.25, -0.2) is 9.97 Å². The van der Waals surface area contributed by atoms with E-state index in [1.165, 1.54) is 11.8 Å². The number of ether oxygens (including phenoxy) is 1. The molecule has 0 unspecified atom stereocenters. The van der Waals surface area contributed by atoms with Crippen molar-refractivity contribution in [1.29, 1.82) is 0 Å². The molecule has 3 aromatic rings. The van der Waals surface area contributed by atoms with Crippen molar-refractivity contribution in [2.24, 2.45) is 10.7 Å². The summed E-state index contributed by atoms with van der Waals surface area (Å²) >= 11 is 6.65. The maximum atomic E-state index is 10.1. The fourth-order valence-electron chi connectivity index (χ4n) is 4.44. The molecule has 8 nitrogen and oxygen atoms in total. The second-order valence-electron chi connectivity index (χ2n) is 9.13. The van der Waals surface area contributed by atoms with E-state index in [9.17, 15) is 5.11 Å². The molecule has 0 bridgehead atoms. The van der Waals surface area contributed by atoms with Crippen LogP contribution in [0.3, 0.4) is 0 Å². The van der Waals surface area contributed by atoms with E-state index in [1.54, 1.807) is 19.2 Å². The number of rotatable bonds is 9. The third kappa shape index (κ3) is 5.76. The number of aliphatic hydroxyl groups is 1. The maximum Gasteiger partial charge on any atom is 0.163 e. The average molecular weight is 521 g/mol. The number of allylic oxidation sites excluding steroid dienone is 1. The first-order valence-electron chi connectivity index (χ1n) is 12.4. The molecular formula is C28H33ClN6O2. The van der Waals surface area contributed by atoms with Crippen LogP contribution in [0.25, 0.3) is 11.4 Å². The zero-order valence-corrected chi connectivity index (χ0v) is 22.5. The van der Waals surface area contributed by atoms with Crippen molar-refractivity contribution in [3.05, 3.63) is 75.8 Å². The highest BCUT2D eigenvalue weighted by molar-refractivity contribution is 6.33. The molecule has 0 saturated heterocycles. The summed E-state index contributed by atoms with van der Waals surface area (Å²) in [7, 11) is 1.72. The van der Waals surface area contributed by atoms with Gasteiger partial charge in [-0.05, 0) is 61.9 Å². The number of anilines is 1. The zero-order valence-electron chi connectivity index (χ0n) is 21.7. The summed E-state index contributed by atoms with van der Waals surface area (Å²) in [5.41, 5.74) is 11.8. The minimum atomic E-state index is -0.530. The van der Waals surface area contributed by atoms with Crippen molar-refractivity contribution >= 4 is 23.1 Å². The van der Waals surface area contributed by atoms with Gasteiger partial charge in [0.2, 0.25) is 0 Å². The summed E-state index contributed by atoms with van der Waals surface area (Å²) in [6.07, 6.45) is 4.37. The molecule has 9 heteroatoms. The number of benzene rings is 1. The van der Waals surface area contributed by atoms with Crippen LogP contribution in [-0.4, -0.2) is 45.5 Å². The molecule has 37 heavy (non-hydrogen) atoms. The monoisotopic (exact) mass is 520 g/mol. The third-order valence-electron chi connectivity index (χ3n) is 6.42. The Kier molecular flexibility index (Phi) is 8.41. The number of aromatic nitrogens is 3. The van der Waals surface area contributed by atoms with E-state index in [-0.39, 0.29) is 6.61 Å². The van der Waals surface area contributed by atoms with Crippen molar-refractivity contribution in [2.75, 3.05) is 18.6 Å². The van der Waals surface area contributed by atoms with Crippen LogP contribution in [0.15, 0.2) is 53.3 Å². The molecule has 0 radical (unpaired) electrons. The number of hydrogen-bond acceptors (Lipinski definition) is 8. The van der Waals surface area contributed by atoms with Gasteiger partial charge in [0.25, 0.3) is 0 Å². The van der Waals surface area contributed by atoms with Crippen molar-refractivity contribution < 1.29 is 9.84 Å². The van der Waals surface area contributed by atoms with Crippen molar-refractivity contribution in [2.45, 2.75) is 52.8 Å². The highest BCUT2D eigenvalue weighted by Gasteiger charge is 2.26. The lowest BCUT2D eigenvalue weighted by atomic mass is 10.0. The van der Waals surface area contributed by atoms with E-state index in [0.717, 1.165) is 29.1 Å². The Morgan fingerprint density at radius 3 is 2.81 bits per heavy atom.